The first-order chi connectivity index (χ1) is 8.19. The lowest BCUT2D eigenvalue weighted by molar-refractivity contribution is 0.281. The van der Waals surface area contributed by atoms with Crippen LogP contribution in [0.5, 0.6) is 0 Å². The van der Waals surface area contributed by atoms with E-state index in [1.807, 2.05) is 0 Å². The molecule has 0 spiro atoms. The first kappa shape index (κ1) is 12.1. The molecule has 88 valence electrons. The number of hydrogen-bond acceptors (Lipinski definition) is 2. The number of hydrogen-bond donors (Lipinski definition) is 1. The van der Waals surface area contributed by atoms with Crippen LogP contribution in [0.15, 0.2) is 52.3 Å². The van der Waals surface area contributed by atoms with E-state index in [-0.39, 0.29) is 12.4 Å². The van der Waals surface area contributed by atoms with Gasteiger partial charge in [0, 0.05) is 9.79 Å². The van der Waals surface area contributed by atoms with Gasteiger partial charge in [-0.2, -0.15) is 0 Å². The van der Waals surface area contributed by atoms with Gasteiger partial charge in [0.2, 0.25) is 0 Å². The van der Waals surface area contributed by atoms with Gasteiger partial charge in [-0.1, -0.05) is 23.9 Å². The fourth-order valence-corrected chi connectivity index (χ4v) is 2.37. The van der Waals surface area contributed by atoms with Gasteiger partial charge >= 0.3 is 0 Å². The summed E-state index contributed by atoms with van der Waals surface area (Å²) in [5.41, 5.74) is 0.476. The van der Waals surface area contributed by atoms with Crippen LogP contribution in [-0.4, -0.2) is 5.11 Å². The van der Waals surface area contributed by atoms with E-state index in [2.05, 4.69) is 0 Å². The molecule has 0 bridgehead atoms. The summed E-state index contributed by atoms with van der Waals surface area (Å²) in [4.78, 5) is 1.00. The Balaban J connectivity index is 2.30. The number of rotatable bonds is 3. The summed E-state index contributed by atoms with van der Waals surface area (Å²) in [5, 5.41) is 8.96. The molecule has 2 aromatic rings. The van der Waals surface area contributed by atoms with E-state index < -0.39 is 5.82 Å². The van der Waals surface area contributed by atoms with Crippen molar-refractivity contribution in [2.45, 2.75) is 16.4 Å². The minimum atomic E-state index is -0.435. The molecule has 0 unspecified atom stereocenters. The van der Waals surface area contributed by atoms with Crippen molar-refractivity contribution in [3.05, 3.63) is 59.7 Å². The molecule has 0 atom stereocenters. The lowest BCUT2D eigenvalue weighted by Crippen LogP contribution is -1.87. The van der Waals surface area contributed by atoms with Gasteiger partial charge in [-0.25, -0.2) is 8.78 Å². The van der Waals surface area contributed by atoms with Gasteiger partial charge in [0.15, 0.2) is 0 Å². The summed E-state index contributed by atoms with van der Waals surface area (Å²) in [7, 11) is 0. The monoisotopic (exact) mass is 252 g/mol. The largest absolute Gasteiger partial charge is 0.392 e. The average molecular weight is 252 g/mol. The maximum atomic E-state index is 13.4. The Kier molecular flexibility index (Phi) is 3.76. The van der Waals surface area contributed by atoms with Gasteiger partial charge in [-0.05, 0) is 35.9 Å². The summed E-state index contributed by atoms with van der Waals surface area (Å²) in [6.07, 6.45) is 0. The Labute approximate surface area is 102 Å². The third-order valence-electron chi connectivity index (χ3n) is 2.18. The topological polar surface area (TPSA) is 20.2 Å². The van der Waals surface area contributed by atoms with E-state index >= 15 is 0 Å². The number of benzene rings is 2. The minimum absolute atomic E-state index is 0.234. The van der Waals surface area contributed by atoms with E-state index in [4.69, 9.17) is 5.11 Å². The van der Waals surface area contributed by atoms with Crippen LogP contribution in [0.25, 0.3) is 0 Å². The zero-order chi connectivity index (χ0) is 12.3. The molecule has 4 heteroatoms. The SMILES string of the molecule is OCc1cc(F)cc(Sc2ccccc2F)c1. The Morgan fingerprint density at radius 3 is 2.53 bits per heavy atom. The van der Waals surface area contributed by atoms with Gasteiger partial charge in [0.1, 0.15) is 11.6 Å². The lowest BCUT2D eigenvalue weighted by Gasteiger charge is -2.05. The Morgan fingerprint density at radius 2 is 1.82 bits per heavy atom. The second kappa shape index (κ2) is 5.29. The van der Waals surface area contributed by atoms with Crippen LogP contribution in [0.1, 0.15) is 5.56 Å². The molecule has 0 heterocycles. The molecule has 2 aromatic carbocycles. The molecular weight excluding hydrogens is 242 g/mol. The molecule has 1 N–H and O–H groups in total. The summed E-state index contributed by atoms with van der Waals surface area (Å²) >= 11 is 1.13. The van der Waals surface area contributed by atoms with Crippen molar-refractivity contribution in [1.29, 1.82) is 0 Å². The molecule has 1 nitrogen and oxygen atoms in total. The molecule has 0 radical (unpaired) electrons. The molecule has 17 heavy (non-hydrogen) atoms. The summed E-state index contributed by atoms with van der Waals surface area (Å²) < 4.78 is 26.6. The molecule has 2 rings (SSSR count). The van der Waals surface area contributed by atoms with Gasteiger partial charge in [-0.15, -0.1) is 0 Å². The molecule has 0 aliphatic carbocycles. The van der Waals surface area contributed by atoms with Crippen molar-refractivity contribution in [3.8, 4) is 0 Å². The first-order valence-electron chi connectivity index (χ1n) is 5.02. The van der Waals surface area contributed by atoms with Gasteiger partial charge in [-0.3, -0.25) is 0 Å². The molecule has 0 aromatic heterocycles. The summed E-state index contributed by atoms with van der Waals surface area (Å²) in [5.74, 6) is -0.775. The lowest BCUT2D eigenvalue weighted by atomic mass is 10.2. The highest BCUT2D eigenvalue weighted by Crippen LogP contribution is 2.30. The smallest absolute Gasteiger partial charge is 0.137 e. The number of aliphatic hydroxyl groups is 1. The van der Waals surface area contributed by atoms with Crippen LogP contribution in [0.4, 0.5) is 8.78 Å². The molecule has 0 saturated carbocycles. The molecule has 0 aliphatic rings. The Bertz CT molecular complexity index is 529. The average Bonchev–Trinajstić information content (AvgIpc) is 2.31. The quantitative estimate of drug-likeness (QED) is 0.900. The van der Waals surface area contributed by atoms with Crippen LogP contribution < -0.4 is 0 Å². The summed E-state index contributed by atoms with van der Waals surface area (Å²) in [6.45, 7) is -0.234. The third-order valence-corrected chi connectivity index (χ3v) is 3.20. The Morgan fingerprint density at radius 1 is 1.06 bits per heavy atom. The molecule has 0 aliphatic heterocycles. The zero-order valence-corrected chi connectivity index (χ0v) is 9.68. The van der Waals surface area contributed by atoms with Crippen molar-refractivity contribution >= 4 is 11.8 Å². The predicted octanol–water partition coefficient (Wildman–Crippen LogP) is 3.61. The number of aliphatic hydroxyl groups excluding tert-OH is 1. The maximum Gasteiger partial charge on any atom is 0.137 e. The van der Waals surface area contributed by atoms with E-state index in [1.54, 1.807) is 24.3 Å². The second-order valence-corrected chi connectivity index (χ2v) is 4.60. The van der Waals surface area contributed by atoms with Crippen molar-refractivity contribution in [1.82, 2.24) is 0 Å². The second-order valence-electron chi connectivity index (χ2n) is 3.49. The van der Waals surface area contributed by atoms with E-state index in [0.717, 1.165) is 11.8 Å². The number of halogens is 2. The van der Waals surface area contributed by atoms with Crippen molar-refractivity contribution < 1.29 is 13.9 Å². The third kappa shape index (κ3) is 3.05. The fourth-order valence-electron chi connectivity index (χ4n) is 1.43. The van der Waals surface area contributed by atoms with Gasteiger partial charge < -0.3 is 5.11 Å². The maximum absolute atomic E-state index is 13.4. The van der Waals surface area contributed by atoms with E-state index in [9.17, 15) is 8.78 Å². The standard InChI is InChI=1S/C13H10F2OS/c14-10-5-9(8-16)6-11(7-10)17-13-4-2-1-3-12(13)15/h1-7,16H,8H2. The highest BCUT2D eigenvalue weighted by molar-refractivity contribution is 7.99. The molecule has 0 fully saturated rings. The highest BCUT2D eigenvalue weighted by atomic mass is 32.2. The van der Waals surface area contributed by atoms with Crippen LogP contribution >= 0.6 is 11.8 Å². The molecular formula is C13H10F2OS. The highest BCUT2D eigenvalue weighted by Gasteiger charge is 2.05. The van der Waals surface area contributed by atoms with Crippen LogP contribution in [0.2, 0.25) is 0 Å². The first-order valence-corrected chi connectivity index (χ1v) is 5.83. The molecule has 0 amide bonds. The van der Waals surface area contributed by atoms with Crippen LogP contribution in [-0.2, 0) is 6.61 Å². The molecule has 0 saturated heterocycles. The van der Waals surface area contributed by atoms with E-state index in [0.29, 0.717) is 15.4 Å². The van der Waals surface area contributed by atoms with Crippen LogP contribution in [0, 0.1) is 11.6 Å². The predicted molar refractivity (Wildman–Crippen MR) is 62.8 cm³/mol. The van der Waals surface area contributed by atoms with E-state index in [1.165, 1.54) is 18.2 Å². The van der Waals surface area contributed by atoms with Crippen molar-refractivity contribution in [2.75, 3.05) is 0 Å². The normalized spacial score (nSPS) is 10.5. The van der Waals surface area contributed by atoms with Crippen molar-refractivity contribution in [2.24, 2.45) is 0 Å². The van der Waals surface area contributed by atoms with Gasteiger partial charge in [0.25, 0.3) is 0 Å². The van der Waals surface area contributed by atoms with Crippen LogP contribution in [0.3, 0.4) is 0 Å². The fraction of sp³-hybridized carbons (Fsp3) is 0.0769. The minimum Gasteiger partial charge on any atom is -0.392 e. The Hall–Kier alpha value is -1.39. The van der Waals surface area contributed by atoms with Gasteiger partial charge in [0.05, 0.1) is 6.61 Å². The summed E-state index contributed by atoms with van der Waals surface area (Å²) in [6, 6.07) is 10.5. The van der Waals surface area contributed by atoms with Crippen molar-refractivity contribution in [3.63, 3.8) is 0 Å². The zero-order valence-electron chi connectivity index (χ0n) is 8.86.